The molecule has 0 bridgehead atoms. The summed E-state index contributed by atoms with van der Waals surface area (Å²) < 4.78 is 12.2. The summed E-state index contributed by atoms with van der Waals surface area (Å²) in [6.07, 6.45) is 3.30. The average Bonchev–Trinajstić information content (AvgIpc) is 3.46. The molecule has 0 unspecified atom stereocenters. The van der Waals surface area contributed by atoms with Crippen molar-refractivity contribution >= 4 is 23.2 Å². The Bertz CT molecular complexity index is 1660. The van der Waals surface area contributed by atoms with Crippen LogP contribution in [0.2, 0.25) is 0 Å². The summed E-state index contributed by atoms with van der Waals surface area (Å²) >= 11 is 0. The second kappa shape index (κ2) is 14.8. The molecule has 2 aliphatic rings. The number of aliphatic hydroxyl groups is 2. The number of benzene rings is 3. The third-order valence-electron chi connectivity index (χ3n) is 8.37. The van der Waals surface area contributed by atoms with Crippen molar-refractivity contribution in [2.45, 2.75) is 62.2 Å². The third kappa shape index (κ3) is 7.25. The Labute approximate surface area is 266 Å². The number of aliphatic hydroxyl groups excluding tert-OH is 1. The minimum atomic E-state index is -1.67. The van der Waals surface area contributed by atoms with Gasteiger partial charge in [-0.3, -0.25) is 4.79 Å². The van der Waals surface area contributed by atoms with Gasteiger partial charge in [-0.05, 0) is 53.7 Å². The molecule has 1 heterocycles. The van der Waals surface area contributed by atoms with Crippen molar-refractivity contribution in [1.29, 1.82) is 0 Å². The zero-order valence-corrected chi connectivity index (χ0v) is 25.3. The van der Waals surface area contributed by atoms with Crippen LogP contribution in [0.4, 0.5) is 11.4 Å². The number of azide groups is 2. The van der Waals surface area contributed by atoms with E-state index in [1.54, 1.807) is 72.8 Å². The minimum absolute atomic E-state index is 0.0196. The van der Waals surface area contributed by atoms with E-state index in [4.69, 9.17) is 19.6 Å². The molecular weight excluding hydrogens is 588 g/mol. The highest BCUT2D eigenvalue weighted by Gasteiger charge is 2.54. The predicted octanol–water partition coefficient (Wildman–Crippen LogP) is 6.64. The van der Waals surface area contributed by atoms with Gasteiger partial charge in [-0.15, -0.1) is 0 Å². The van der Waals surface area contributed by atoms with Crippen molar-refractivity contribution in [2.24, 2.45) is 15.2 Å². The Balaban J connectivity index is 1.63. The summed E-state index contributed by atoms with van der Waals surface area (Å²) in [6.45, 7) is 0.401. The zero-order chi connectivity index (χ0) is 32.4. The van der Waals surface area contributed by atoms with Crippen LogP contribution in [-0.4, -0.2) is 52.9 Å². The number of hydrogen-bond donors (Lipinski definition) is 3. The molecule has 3 aromatic carbocycles. The Morgan fingerprint density at radius 2 is 1.65 bits per heavy atom. The maximum absolute atomic E-state index is 14.6. The molecule has 1 fully saturated rings. The molecule has 13 heteroatoms. The van der Waals surface area contributed by atoms with Gasteiger partial charge in [0.05, 0.1) is 12.2 Å². The molecule has 0 radical (unpaired) electrons. The zero-order valence-electron chi connectivity index (χ0n) is 25.3. The number of amides is 1. The van der Waals surface area contributed by atoms with E-state index in [1.807, 2.05) is 0 Å². The summed E-state index contributed by atoms with van der Waals surface area (Å²) in [7, 11) is 0. The van der Waals surface area contributed by atoms with Crippen LogP contribution in [-0.2, 0) is 16.0 Å². The van der Waals surface area contributed by atoms with Gasteiger partial charge < -0.3 is 25.0 Å². The number of carbonyl (C=O) groups is 1. The predicted molar refractivity (Wildman–Crippen MR) is 172 cm³/mol. The lowest BCUT2D eigenvalue weighted by molar-refractivity contribution is -0.130. The van der Waals surface area contributed by atoms with Gasteiger partial charge >= 0.3 is 0 Å². The Morgan fingerprint density at radius 1 is 0.978 bits per heavy atom. The van der Waals surface area contributed by atoms with Crippen LogP contribution in [0.1, 0.15) is 61.3 Å². The molecule has 1 amide bonds. The van der Waals surface area contributed by atoms with E-state index in [9.17, 15) is 21.0 Å². The molecule has 3 aromatic rings. The number of ether oxygens (including phenoxy) is 2. The molecule has 0 saturated heterocycles. The summed E-state index contributed by atoms with van der Waals surface area (Å²) in [5.41, 5.74) is 18.1. The van der Waals surface area contributed by atoms with Gasteiger partial charge in [0.2, 0.25) is 5.90 Å². The maximum Gasteiger partial charge on any atom is 0.252 e. The fourth-order valence-electron chi connectivity index (χ4n) is 5.99. The first-order valence-electron chi connectivity index (χ1n) is 15.3. The molecule has 46 heavy (non-hydrogen) atoms. The van der Waals surface area contributed by atoms with E-state index < -0.39 is 23.2 Å². The molecule has 1 aliphatic carbocycles. The van der Waals surface area contributed by atoms with Crippen molar-refractivity contribution in [3.8, 4) is 5.75 Å². The minimum Gasteiger partial charge on any atom is -0.494 e. The van der Waals surface area contributed by atoms with Gasteiger partial charge in [-0.2, -0.15) is 0 Å². The van der Waals surface area contributed by atoms with Crippen LogP contribution in [0.25, 0.3) is 20.9 Å². The largest absolute Gasteiger partial charge is 0.494 e. The van der Waals surface area contributed by atoms with Crippen molar-refractivity contribution in [3.63, 3.8) is 0 Å². The first-order chi connectivity index (χ1) is 22.4. The highest BCUT2D eigenvalue weighted by molar-refractivity contribution is 6.01. The molecule has 238 valence electrons. The fraction of sp³-hybridized carbons (Fsp3) is 0.394. The van der Waals surface area contributed by atoms with Crippen LogP contribution in [0, 0.1) is 0 Å². The third-order valence-corrected chi connectivity index (χ3v) is 8.37. The van der Waals surface area contributed by atoms with Gasteiger partial charge in [-0.25, -0.2) is 4.99 Å². The Hall–Kier alpha value is -5.06. The van der Waals surface area contributed by atoms with Crippen LogP contribution in [0.5, 0.6) is 5.75 Å². The summed E-state index contributed by atoms with van der Waals surface area (Å²) in [6, 6.07) is 20.8. The Morgan fingerprint density at radius 3 is 2.37 bits per heavy atom. The van der Waals surface area contributed by atoms with Gasteiger partial charge in [-0.1, -0.05) is 78.0 Å². The summed E-state index contributed by atoms with van der Waals surface area (Å²) in [4.78, 5) is 25.6. The molecule has 1 aliphatic heterocycles. The van der Waals surface area contributed by atoms with Gasteiger partial charge in [0.25, 0.3) is 5.91 Å². The number of hydrogen-bond acceptors (Lipinski definition) is 8. The highest BCUT2D eigenvalue weighted by Crippen LogP contribution is 2.46. The number of rotatable bonds is 13. The number of nitrogens with one attached hydrogen (secondary N) is 1. The van der Waals surface area contributed by atoms with Crippen molar-refractivity contribution < 1.29 is 24.5 Å². The van der Waals surface area contributed by atoms with Crippen LogP contribution in [0.15, 0.2) is 88.0 Å². The molecule has 0 aromatic heterocycles. The van der Waals surface area contributed by atoms with E-state index in [0.717, 1.165) is 19.3 Å². The van der Waals surface area contributed by atoms with Crippen molar-refractivity contribution in [3.05, 3.63) is 110 Å². The molecule has 1 saturated carbocycles. The molecule has 5 rings (SSSR count). The molecule has 13 nitrogen and oxygen atoms in total. The smallest absolute Gasteiger partial charge is 0.252 e. The lowest BCUT2D eigenvalue weighted by atomic mass is 9.80. The second-order valence-electron chi connectivity index (χ2n) is 11.5. The summed E-state index contributed by atoms with van der Waals surface area (Å²) in [5.74, 6) is 0.270. The topological polar surface area (TPSA) is 198 Å². The Kier molecular flexibility index (Phi) is 10.4. The van der Waals surface area contributed by atoms with E-state index in [-0.39, 0.29) is 31.2 Å². The fourth-order valence-corrected chi connectivity index (χ4v) is 5.99. The standard InChI is InChI=1S/C33H36N8O5/c34-40-38-27-11-4-2-9-24(27)21-33(31(43)36-22-32(44)17-6-1-7-18-32)29(26-10-3-5-12-28(26)39-41-35)46-30(37-33)23-13-15-25(16-14-23)45-20-8-19-42/h2-5,9-16,29,42,44H,1,6-8,17-22H2,(H,36,43)/t29-,33-/m1/s1. The molecule has 3 N–H and O–H groups in total. The van der Waals surface area contributed by atoms with Crippen LogP contribution >= 0.6 is 0 Å². The van der Waals surface area contributed by atoms with E-state index in [0.29, 0.717) is 54.0 Å². The van der Waals surface area contributed by atoms with Crippen LogP contribution in [0.3, 0.4) is 0 Å². The number of aliphatic imine (C=N–C) groups is 1. The first-order valence-corrected chi connectivity index (χ1v) is 15.3. The van der Waals surface area contributed by atoms with Crippen LogP contribution < -0.4 is 10.1 Å². The van der Waals surface area contributed by atoms with E-state index in [1.165, 1.54) is 0 Å². The first kappa shape index (κ1) is 32.3. The van der Waals surface area contributed by atoms with E-state index in [2.05, 4.69) is 25.4 Å². The maximum atomic E-state index is 14.6. The van der Waals surface area contributed by atoms with Crippen molar-refractivity contribution in [2.75, 3.05) is 19.8 Å². The number of nitrogens with zero attached hydrogens (tertiary/aromatic N) is 7. The van der Waals surface area contributed by atoms with Gasteiger partial charge in [0, 0.05) is 58.3 Å². The van der Waals surface area contributed by atoms with Gasteiger partial charge in [0.1, 0.15) is 5.75 Å². The monoisotopic (exact) mass is 624 g/mol. The highest BCUT2D eigenvalue weighted by atomic mass is 16.5. The normalized spacial score (nSPS) is 20.0. The molecule has 2 atom stereocenters. The quantitative estimate of drug-likeness (QED) is 0.0827. The number of carbonyl (C=O) groups excluding carboxylic acids is 1. The summed E-state index contributed by atoms with van der Waals surface area (Å²) in [5, 5.41) is 31.1. The lowest BCUT2D eigenvalue weighted by Crippen LogP contribution is -2.54. The molecule has 0 spiro atoms. The van der Waals surface area contributed by atoms with Crippen molar-refractivity contribution in [1.82, 2.24) is 5.32 Å². The second-order valence-corrected chi connectivity index (χ2v) is 11.5. The average molecular weight is 625 g/mol. The molecular formula is C33H36N8O5. The SMILES string of the molecule is [N-]=[N+]=Nc1ccccc1C[C@@]1(C(=O)NCC2(O)CCCCC2)N=C(c2ccc(OCCCO)cc2)O[C@@H]1c1ccccc1N=[N+]=[N-]. The van der Waals surface area contributed by atoms with Gasteiger partial charge in [0.15, 0.2) is 11.6 Å². The van der Waals surface area contributed by atoms with E-state index >= 15 is 0 Å². The lowest BCUT2D eigenvalue weighted by Gasteiger charge is -2.35.